The Kier molecular flexibility index (Phi) is 2.10. The Hall–Kier alpha value is -1.32. The number of rotatable bonds is 0. The Morgan fingerprint density at radius 1 is 1.33 bits per heavy atom. The molecule has 0 unspecified atom stereocenters. The van der Waals surface area contributed by atoms with Crippen LogP contribution in [0.15, 0.2) is 12.1 Å². The van der Waals surface area contributed by atoms with E-state index in [4.69, 9.17) is 0 Å². The summed E-state index contributed by atoms with van der Waals surface area (Å²) in [5.74, 6) is -1.07. The molecule has 1 aromatic rings. The monoisotopic (exact) mass is 212 g/mol. The lowest BCUT2D eigenvalue weighted by Crippen LogP contribution is -2.47. The summed E-state index contributed by atoms with van der Waals surface area (Å²) in [6.07, 6.45) is 0. The van der Waals surface area contributed by atoms with E-state index >= 15 is 0 Å². The van der Waals surface area contributed by atoms with Gasteiger partial charge in [0.15, 0.2) is 5.82 Å². The lowest BCUT2D eigenvalue weighted by atomic mass is 10.00. The average molecular weight is 212 g/mol. The van der Waals surface area contributed by atoms with E-state index in [1.54, 1.807) is 4.90 Å². The van der Waals surface area contributed by atoms with Crippen molar-refractivity contribution in [2.45, 2.75) is 19.4 Å². The van der Waals surface area contributed by atoms with Crippen molar-refractivity contribution in [3.8, 4) is 0 Å². The summed E-state index contributed by atoms with van der Waals surface area (Å²) in [5.41, 5.74) is 0.782. The molecule has 0 fully saturated rings. The zero-order valence-electron chi connectivity index (χ0n) is 9.06. The number of hydrogen-bond acceptors (Lipinski definition) is 2. The third kappa shape index (κ3) is 1.76. The summed E-state index contributed by atoms with van der Waals surface area (Å²) < 4.78 is 26.5. The van der Waals surface area contributed by atoms with Crippen molar-refractivity contribution in [3.05, 3.63) is 23.8 Å². The highest BCUT2D eigenvalue weighted by Gasteiger charge is 2.29. The van der Waals surface area contributed by atoms with Crippen LogP contribution in [0.4, 0.5) is 20.2 Å². The molecule has 0 saturated heterocycles. The summed E-state index contributed by atoms with van der Waals surface area (Å²) in [6.45, 7) is 4.67. The Bertz CT molecular complexity index is 402. The Labute approximate surface area is 87.9 Å². The average Bonchev–Trinajstić information content (AvgIpc) is 1.97. The second-order valence-electron chi connectivity index (χ2n) is 4.65. The number of anilines is 2. The van der Waals surface area contributed by atoms with Gasteiger partial charge in [0.2, 0.25) is 0 Å². The molecule has 1 aliphatic heterocycles. The normalized spacial score (nSPS) is 18.3. The van der Waals surface area contributed by atoms with E-state index in [9.17, 15) is 8.78 Å². The highest BCUT2D eigenvalue weighted by Crippen LogP contribution is 2.36. The smallest absolute Gasteiger partial charge is 0.151 e. The van der Waals surface area contributed by atoms with Crippen LogP contribution in [-0.2, 0) is 0 Å². The van der Waals surface area contributed by atoms with Crippen molar-refractivity contribution >= 4 is 11.4 Å². The number of likely N-dealkylation sites (N-methyl/N-ethyl adjacent to an activating group) is 1. The van der Waals surface area contributed by atoms with Gasteiger partial charge in [0.25, 0.3) is 0 Å². The molecular weight excluding hydrogens is 198 g/mol. The van der Waals surface area contributed by atoms with Gasteiger partial charge in [-0.15, -0.1) is 0 Å². The van der Waals surface area contributed by atoms with Crippen molar-refractivity contribution in [3.63, 3.8) is 0 Å². The molecular formula is C11H14F2N2. The maximum Gasteiger partial charge on any atom is 0.151 e. The molecule has 1 N–H and O–H groups in total. The van der Waals surface area contributed by atoms with E-state index in [1.165, 1.54) is 6.07 Å². The van der Waals surface area contributed by atoms with Crippen LogP contribution >= 0.6 is 0 Å². The molecule has 0 amide bonds. The minimum atomic E-state index is -0.551. The summed E-state index contributed by atoms with van der Waals surface area (Å²) in [6, 6.07) is 2.24. The molecule has 1 heterocycles. The molecule has 0 aliphatic carbocycles. The van der Waals surface area contributed by atoms with Gasteiger partial charge < -0.3 is 10.2 Å². The van der Waals surface area contributed by atoms with E-state index < -0.39 is 11.6 Å². The Morgan fingerprint density at radius 2 is 2.00 bits per heavy atom. The predicted octanol–water partition coefficient (Wildman–Crippen LogP) is 2.61. The standard InChI is InChI=1S/C11H14F2N2/c1-11(2)6-15(3)10-8(13)4-7(12)5-9(10)14-11/h4-5,14H,6H2,1-3H3. The van der Waals surface area contributed by atoms with E-state index in [0.29, 0.717) is 17.9 Å². The summed E-state index contributed by atoms with van der Waals surface area (Å²) >= 11 is 0. The molecule has 0 aromatic heterocycles. The highest BCUT2D eigenvalue weighted by molar-refractivity contribution is 5.73. The van der Waals surface area contributed by atoms with Crippen molar-refractivity contribution in [1.82, 2.24) is 0 Å². The molecule has 1 aliphatic rings. The van der Waals surface area contributed by atoms with Crippen molar-refractivity contribution < 1.29 is 8.78 Å². The van der Waals surface area contributed by atoms with Gasteiger partial charge in [-0.25, -0.2) is 8.78 Å². The van der Waals surface area contributed by atoms with E-state index in [-0.39, 0.29) is 5.54 Å². The summed E-state index contributed by atoms with van der Waals surface area (Å²) in [5, 5.41) is 3.13. The molecule has 2 nitrogen and oxygen atoms in total. The first-order valence-electron chi connectivity index (χ1n) is 4.87. The maximum atomic E-state index is 13.5. The molecule has 2 rings (SSSR count). The summed E-state index contributed by atoms with van der Waals surface area (Å²) in [4.78, 5) is 1.81. The number of halogens is 2. The lowest BCUT2D eigenvalue weighted by Gasteiger charge is -2.40. The minimum Gasteiger partial charge on any atom is -0.377 e. The zero-order valence-corrected chi connectivity index (χ0v) is 9.06. The first-order chi connectivity index (χ1) is 6.89. The molecule has 0 atom stereocenters. The Morgan fingerprint density at radius 3 is 2.67 bits per heavy atom. The lowest BCUT2D eigenvalue weighted by molar-refractivity contribution is 0.527. The number of fused-ring (bicyclic) bond motifs is 1. The van der Waals surface area contributed by atoms with E-state index in [0.717, 1.165) is 6.07 Å². The number of nitrogens with zero attached hydrogens (tertiary/aromatic N) is 1. The van der Waals surface area contributed by atoms with Crippen molar-refractivity contribution in [2.75, 3.05) is 23.8 Å². The number of nitrogens with one attached hydrogen (secondary N) is 1. The van der Waals surface area contributed by atoms with Crippen LogP contribution in [-0.4, -0.2) is 19.1 Å². The predicted molar refractivity (Wildman–Crippen MR) is 57.3 cm³/mol. The third-order valence-corrected chi connectivity index (χ3v) is 2.52. The number of benzene rings is 1. The number of hydrogen-bond donors (Lipinski definition) is 1. The first kappa shape index (κ1) is 10.2. The van der Waals surface area contributed by atoms with Gasteiger partial charge in [0.05, 0.1) is 11.4 Å². The SMILES string of the molecule is CN1CC(C)(C)Nc2cc(F)cc(F)c21. The fraction of sp³-hybridized carbons (Fsp3) is 0.455. The fourth-order valence-corrected chi connectivity index (χ4v) is 2.13. The third-order valence-electron chi connectivity index (χ3n) is 2.52. The Balaban J connectivity index is 2.55. The maximum absolute atomic E-state index is 13.5. The van der Waals surface area contributed by atoms with Crippen LogP contribution in [0.5, 0.6) is 0 Å². The molecule has 0 spiro atoms. The van der Waals surface area contributed by atoms with Gasteiger partial charge in [0.1, 0.15) is 5.82 Å². The molecule has 0 saturated carbocycles. The minimum absolute atomic E-state index is 0.179. The molecule has 1 aromatic carbocycles. The molecule has 0 bridgehead atoms. The van der Waals surface area contributed by atoms with Gasteiger partial charge in [-0.3, -0.25) is 0 Å². The fourth-order valence-electron chi connectivity index (χ4n) is 2.13. The van der Waals surface area contributed by atoms with Crippen molar-refractivity contribution in [1.29, 1.82) is 0 Å². The van der Waals surface area contributed by atoms with Gasteiger partial charge in [0, 0.05) is 25.2 Å². The second-order valence-corrected chi connectivity index (χ2v) is 4.65. The topological polar surface area (TPSA) is 15.3 Å². The molecule has 4 heteroatoms. The summed E-state index contributed by atoms with van der Waals surface area (Å²) in [7, 11) is 1.81. The van der Waals surface area contributed by atoms with Crippen molar-refractivity contribution in [2.24, 2.45) is 0 Å². The van der Waals surface area contributed by atoms with Crippen LogP contribution in [0.2, 0.25) is 0 Å². The quantitative estimate of drug-likeness (QED) is 0.711. The highest BCUT2D eigenvalue weighted by atomic mass is 19.1. The van der Waals surface area contributed by atoms with Gasteiger partial charge in [-0.05, 0) is 19.9 Å². The van der Waals surface area contributed by atoms with E-state index in [2.05, 4.69) is 5.32 Å². The van der Waals surface area contributed by atoms with Gasteiger partial charge >= 0.3 is 0 Å². The van der Waals surface area contributed by atoms with Gasteiger partial charge in [-0.1, -0.05) is 0 Å². The zero-order chi connectivity index (χ0) is 11.2. The van der Waals surface area contributed by atoms with Crippen LogP contribution in [0.3, 0.4) is 0 Å². The molecule has 82 valence electrons. The van der Waals surface area contributed by atoms with Crippen LogP contribution in [0, 0.1) is 11.6 Å². The van der Waals surface area contributed by atoms with Crippen LogP contribution < -0.4 is 10.2 Å². The van der Waals surface area contributed by atoms with Crippen LogP contribution in [0.25, 0.3) is 0 Å². The largest absolute Gasteiger partial charge is 0.377 e. The van der Waals surface area contributed by atoms with Crippen LogP contribution in [0.1, 0.15) is 13.8 Å². The van der Waals surface area contributed by atoms with Gasteiger partial charge in [-0.2, -0.15) is 0 Å². The van der Waals surface area contributed by atoms with E-state index in [1.807, 2.05) is 20.9 Å². The second kappa shape index (κ2) is 3.08. The molecule has 0 radical (unpaired) electrons. The first-order valence-corrected chi connectivity index (χ1v) is 4.87. The molecule has 15 heavy (non-hydrogen) atoms.